The molecule has 0 aliphatic rings. The van der Waals surface area contributed by atoms with Gasteiger partial charge in [0.25, 0.3) is 0 Å². The Labute approximate surface area is 99.9 Å². The molecule has 0 heterocycles. The van der Waals surface area contributed by atoms with Crippen molar-refractivity contribution in [1.29, 1.82) is 5.26 Å². The predicted molar refractivity (Wildman–Crippen MR) is 68.9 cm³/mol. The van der Waals surface area contributed by atoms with E-state index in [-0.39, 0.29) is 5.75 Å². The Balaban J connectivity index is 3.24. The molecule has 1 aromatic rings. The number of nitrogens with zero attached hydrogens (tertiary/aromatic N) is 1. The fourth-order valence-corrected chi connectivity index (χ4v) is 1.99. The summed E-state index contributed by atoms with van der Waals surface area (Å²) in [6.07, 6.45) is 0. The Morgan fingerprint density at radius 3 is 2.62 bits per heavy atom. The average Bonchev–Trinajstić information content (AvgIpc) is 2.25. The molecule has 0 radical (unpaired) electrons. The van der Waals surface area contributed by atoms with E-state index in [0.29, 0.717) is 5.56 Å². The van der Waals surface area contributed by atoms with E-state index < -0.39 is 0 Å². The standard InChI is InChI=1S/C13H13NOS/c1-4-16-13(9(2)3)10-5-6-11(8-14)12(15)7-10/h4-7,15H,1H2,2-3H3. The van der Waals surface area contributed by atoms with Gasteiger partial charge in [0.15, 0.2) is 0 Å². The molecule has 0 amide bonds. The Hall–Kier alpha value is -1.66. The van der Waals surface area contributed by atoms with Gasteiger partial charge in [-0.15, -0.1) is 0 Å². The second-order valence-corrected chi connectivity index (χ2v) is 4.43. The molecule has 0 fully saturated rings. The van der Waals surface area contributed by atoms with Crippen LogP contribution < -0.4 is 0 Å². The first-order chi connectivity index (χ1) is 7.60. The van der Waals surface area contributed by atoms with Gasteiger partial charge in [-0.25, -0.2) is 0 Å². The zero-order valence-corrected chi connectivity index (χ0v) is 10.1. The number of nitriles is 1. The number of hydrogen-bond acceptors (Lipinski definition) is 3. The van der Waals surface area contributed by atoms with Crippen LogP contribution in [0.5, 0.6) is 5.75 Å². The first kappa shape index (κ1) is 12.4. The molecule has 2 nitrogen and oxygen atoms in total. The number of rotatable bonds is 3. The minimum Gasteiger partial charge on any atom is -0.507 e. The molecule has 0 spiro atoms. The van der Waals surface area contributed by atoms with Crippen molar-refractivity contribution in [1.82, 2.24) is 0 Å². The third-order valence-corrected chi connectivity index (χ3v) is 3.08. The van der Waals surface area contributed by atoms with Gasteiger partial charge in [0.05, 0.1) is 5.56 Å². The Kier molecular flexibility index (Phi) is 4.21. The molecule has 1 rings (SSSR count). The highest BCUT2D eigenvalue weighted by Crippen LogP contribution is 2.33. The summed E-state index contributed by atoms with van der Waals surface area (Å²) in [5.41, 5.74) is 2.34. The summed E-state index contributed by atoms with van der Waals surface area (Å²) in [6.45, 7) is 7.68. The maximum absolute atomic E-state index is 9.61. The molecule has 0 aliphatic heterocycles. The minimum absolute atomic E-state index is 0.0170. The van der Waals surface area contributed by atoms with Gasteiger partial charge in [0.1, 0.15) is 11.8 Å². The van der Waals surface area contributed by atoms with Crippen LogP contribution in [0.1, 0.15) is 25.0 Å². The van der Waals surface area contributed by atoms with Gasteiger partial charge in [-0.1, -0.05) is 30.0 Å². The van der Waals surface area contributed by atoms with Crippen molar-refractivity contribution in [3.63, 3.8) is 0 Å². The largest absolute Gasteiger partial charge is 0.507 e. The lowest BCUT2D eigenvalue weighted by atomic mass is 10.1. The summed E-state index contributed by atoms with van der Waals surface area (Å²) >= 11 is 1.51. The summed E-state index contributed by atoms with van der Waals surface area (Å²) < 4.78 is 0. The molecule has 0 bridgehead atoms. The number of allylic oxidation sites excluding steroid dienone is 1. The number of aromatic hydroxyl groups is 1. The van der Waals surface area contributed by atoms with Crippen LogP contribution in [0.4, 0.5) is 0 Å². The zero-order valence-electron chi connectivity index (χ0n) is 9.32. The summed E-state index contributed by atoms with van der Waals surface area (Å²) in [6, 6.07) is 6.99. The second kappa shape index (κ2) is 5.43. The van der Waals surface area contributed by atoms with E-state index in [1.54, 1.807) is 17.5 Å². The lowest BCUT2D eigenvalue weighted by Crippen LogP contribution is -1.84. The average molecular weight is 231 g/mol. The van der Waals surface area contributed by atoms with Gasteiger partial charge in [-0.2, -0.15) is 5.26 Å². The van der Waals surface area contributed by atoms with E-state index in [0.717, 1.165) is 16.0 Å². The molecule has 0 aliphatic carbocycles. The van der Waals surface area contributed by atoms with E-state index in [1.807, 2.05) is 26.0 Å². The van der Waals surface area contributed by atoms with Crippen molar-refractivity contribution in [2.24, 2.45) is 0 Å². The Bertz CT molecular complexity index is 479. The van der Waals surface area contributed by atoms with Crippen molar-refractivity contribution in [3.05, 3.63) is 46.9 Å². The molecule has 1 aromatic carbocycles. The number of benzene rings is 1. The maximum Gasteiger partial charge on any atom is 0.133 e. The second-order valence-electron chi connectivity index (χ2n) is 3.46. The maximum atomic E-state index is 9.61. The van der Waals surface area contributed by atoms with Crippen LogP contribution in [-0.4, -0.2) is 5.11 Å². The third kappa shape index (κ3) is 2.68. The van der Waals surface area contributed by atoms with E-state index in [1.165, 1.54) is 11.8 Å². The van der Waals surface area contributed by atoms with Gasteiger partial charge >= 0.3 is 0 Å². The fourth-order valence-electron chi connectivity index (χ4n) is 1.33. The van der Waals surface area contributed by atoms with Gasteiger partial charge in [0.2, 0.25) is 0 Å². The quantitative estimate of drug-likeness (QED) is 0.858. The van der Waals surface area contributed by atoms with Crippen LogP contribution in [0.3, 0.4) is 0 Å². The van der Waals surface area contributed by atoms with Gasteiger partial charge in [-0.05, 0) is 37.0 Å². The lowest BCUT2D eigenvalue weighted by molar-refractivity contribution is 0.473. The van der Waals surface area contributed by atoms with Crippen LogP contribution in [0, 0.1) is 11.3 Å². The fraction of sp³-hybridized carbons (Fsp3) is 0.154. The number of phenolic OH excluding ortho intramolecular Hbond substituents is 1. The van der Waals surface area contributed by atoms with Crippen LogP contribution in [0.2, 0.25) is 0 Å². The van der Waals surface area contributed by atoms with Crippen molar-refractivity contribution >= 4 is 16.7 Å². The highest BCUT2D eigenvalue weighted by molar-refractivity contribution is 8.10. The van der Waals surface area contributed by atoms with Gasteiger partial charge in [0, 0.05) is 4.91 Å². The smallest absolute Gasteiger partial charge is 0.133 e. The van der Waals surface area contributed by atoms with E-state index in [2.05, 4.69) is 6.58 Å². The molecule has 1 N–H and O–H groups in total. The minimum atomic E-state index is 0.0170. The third-order valence-electron chi connectivity index (χ3n) is 2.04. The molecule has 16 heavy (non-hydrogen) atoms. The molecule has 0 atom stereocenters. The topological polar surface area (TPSA) is 44.0 Å². The normalized spacial score (nSPS) is 9.31. The number of thioether (sulfide) groups is 1. The first-order valence-electron chi connectivity index (χ1n) is 4.78. The van der Waals surface area contributed by atoms with E-state index >= 15 is 0 Å². The lowest BCUT2D eigenvalue weighted by Gasteiger charge is -2.08. The highest BCUT2D eigenvalue weighted by Gasteiger charge is 2.07. The molecule has 0 saturated carbocycles. The highest BCUT2D eigenvalue weighted by atomic mass is 32.2. The Morgan fingerprint density at radius 1 is 1.50 bits per heavy atom. The van der Waals surface area contributed by atoms with Crippen LogP contribution >= 0.6 is 11.8 Å². The van der Waals surface area contributed by atoms with Crippen LogP contribution in [0.25, 0.3) is 4.91 Å². The van der Waals surface area contributed by atoms with Gasteiger partial charge in [-0.3, -0.25) is 0 Å². The molecular formula is C13H13NOS. The molecule has 0 unspecified atom stereocenters. The SMILES string of the molecule is C=CSC(=C(C)C)c1ccc(C#N)c(O)c1. The van der Waals surface area contributed by atoms with Crippen molar-refractivity contribution in [2.75, 3.05) is 0 Å². The molecular weight excluding hydrogens is 218 g/mol. The molecule has 3 heteroatoms. The van der Waals surface area contributed by atoms with Crippen LogP contribution in [0.15, 0.2) is 35.8 Å². The summed E-state index contributed by atoms with van der Waals surface area (Å²) in [5, 5.41) is 20.1. The summed E-state index contributed by atoms with van der Waals surface area (Å²) in [7, 11) is 0. The Morgan fingerprint density at radius 2 is 2.19 bits per heavy atom. The molecule has 82 valence electrons. The van der Waals surface area contributed by atoms with Crippen molar-refractivity contribution < 1.29 is 5.11 Å². The monoisotopic (exact) mass is 231 g/mol. The predicted octanol–water partition coefficient (Wildman–Crippen LogP) is 3.89. The first-order valence-corrected chi connectivity index (χ1v) is 5.66. The zero-order chi connectivity index (χ0) is 12.1. The summed E-state index contributed by atoms with van der Waals surface area (Å²) in [5.74, 6) is 0.0170. The summed E-state index contributed by atoms with van der Waals surface area (Å²) in [4.78, 5) is 1.05. The number of hydrogen-bond donors (Lipinski definition) is 1. The van der Waals surface area contributed by atoms with Crippen LogP contribution in [-0.2, 0) is 0 Å². The molecule has 0 saturated heterocycles. The van der Waals surface area contributed by atoms with Crippen molar-refractivity contribution in [2.45, 2.75) is 13.8 Å². The van der Waals surface area contributed by atoms with Crippen molar-refractivity contribution in [3.8, 4) is 11.8 Å². The molecule has 0 aromatic heterocycles. The van der Waals surface area contributed by atoms with E-state index in [4.69, 9.17) is 5.26 Å². The van der Waals surface area contributed by atoms with Gasteiger partial charge < -0.3 is 5.11 Å². The number of phenols is 1. The van der Waals surface area contributed by atoms with E-state index in [9.17, 15) is 5.11 Å².